The summed E-state index contributed by atoms with van der Waals surface area (Å²) in [5.74, 6) is -1.10. The second kappa shape index (κ2) is 8.20. The number of hydrogen-bond acceptors (Lipinski definition) is 4. The summed E-state index contributed by atoms with van der Waals surface area (Å²) in [5.41, 5.74) is 5.29. The van der Waals surface area contributed by atoms with Gasteiger partial charge in [0.2, 0.25) is 0 Å². The molecule has 166 valence electrons. The quantitative estimate of drug-likeness (QED) is 0.584. The molecule has 0 unspecified atom stereocenters. The van der Waals surface area contributed by atoms with Crippen LogP contribution in [-0.2, 0) is 0 Å². The molecule has 6 heteroatoms. The first-order valence-corrected chi connectivity index (χ1v) is 11.2. The van der Waals surface area contributed by atoms with Gasteiger partial charge in [0, 0.05) is 30.0 Å². The summed E-state index contributed by atoms with van der Waals surface area (Å²) in [6.45, 7) is 6.03. The van der Waals surface area contributed by atoms with Gasteiger partial charge in [-0.1, -0.05) is 18.2 Å². The fraction of sp³-hybridized carbons (Fsp3) is 0.222. The summed E-state index contributed by atoms with van der Waals surface area (Å²) in [6, 6.07) is 17.8. The standard InChI is InChI=1S/C27H25N3O3/c1-17-7-3-4-8-24(17)30-26(32)21-11-9-19(16-22(21)27(30)33)25(31)28-20-10-12-23(18(2)15-20)29-13-5-6-14-29/h3-4,7-12,15-16H,5-6,13-14H2,1-2H3,(H,28,31). The van der Waals surface area contributed by atoms with Gasteiger partial charge < -0.3 is 10.2 Å². The molecular formula is C27H25N3O3. The first-order valence-electron chi connectivity index (χ1n) is 11.2. The predicted octanol–water partition coefficient (Wildman–Crippen LogP) is 4.96. The monoisotopic (exact) mass is 439 g/mol. The lowest BCUT2D eigenvalue weighted by molar-refractivity contribution is 0.0925. The van der Waals surface area contributed by atoms with Crippen molar-refractivity contribution in [3.8, 4) is 0 Å². The molecule has 3 aromatic carbocycles. The van der Waals surface area contributed by atoms with Crippen molar-refractivity contribution in [1.82, 2.24) is 0 Å². The largest absolute Gasteiger partial charge is 0.371 e. The minimum Gasteiger partial charge on any atom is -0.371 e. The maximum atomic E-state index is 13.1. The number of carbonyl (C=O) groups excluding carboxylic acids is 3. The molecule has 0 atom stereocenters. The molecule has 3 amide bonds. The molecule has 2 aliphatic heterocycles. The van der Waals surface area contributed by atoms with Crippen molar-refractivity contribution in [1.29, 1.82) is 0 Å². The summed E-state index contributed by atoms with van der Waals surface area (Å²) in [6.07, 6.45) is 2.41. The van der Waals surface area contributed by atoms with Gasteiger partial charge in [0.05, 0.1) is 16.8 Å². The number of fused-ring (bicyclic) bond motifs is 1. The lowest BCUT2D eigenvalue weighted by atomic mass is 10.0. The summed E-state index contributed by atoms with van der Waals surface area (Å²) >= 11 is 0. The van der Waals surface area contributed by atoms with Crippen molar-refractivity contribution in [3.05, 3.63) is 88.5 Å². The fourth-order valence-corrected chi connectivity index (χ4v) is 4.66. The lowest BCUT2D eigenvalue weighted by Crippen LogP contribution is -2.29. The maximum absolute atomic E-state index is 13.1. The van der Waals surface area contributed by atoms with Gasteiger partial charge in [-0.3, -0.25) is 14.4 Å². The molecule has 0 aromatic heterocycles. The molecule has 33 heavy (non-hydrogen) atoms. The van der Waals surface area contributed by atoms with E-state index in [1.165, 1.54) is 29.5 Å². The van der Waals surface area contributed by atoms with E-state index in [1.54, 1.807) is 24.3 Å². The van der Waals surface area contributed by atoms with Crippen molar-refractivity contribution < 1.29 is 14.4 Å². The summed E-state index contributed by atoms with van der Waals surface area (Å²) in [5, 5.41) is 2.92. The van der Waals surface area contributed by atoms with Gasteiger partial charge in [0.15, 0.2) is 0 Å². The Balaban J connectivity index is 1.38. The lowest BCUT2D eigenvalue weighted by Gasteiger charge is -2.20. The van der Waals surface area contributed by atoms with Gasteiger partial charge in [-0.2, -0.15) is 0 Å². The van der Waals surface area contributed by atoms with Crippen LogP contribution in [0.15, 0.2) is 60.7 Å². The highest BCUT2D eigenvalue weighted by Crippen LogP contribution is 2.31. The summed E-state index contributed by atoms with van der Waals surface area (Å²) < 4.78 is 0. The Hall–Kier alpha value is -3.93. The number of benzene rings is 3. The van der Waals surface area contributed by atoms with E-state index in [2.05, 4.69) is 10.2 Å². The smallest absolute Gasteiger partial charge is 0.266 e. The van der Waals surface area contributed by atoms with Crippen molar-refractivity contribution in [2.75, 3.05) is 28.2 Å². The highest BCUT2D eigenvalue weighted by atomic mass is 16.2. The highest BCUT2D eigenvalue weighted by Gasteiger charge is 2.37. The van der Waals surface area contributed by atoms with Gasteiger partial charge in [-0.05, 0) is 80.3 Å². The average Bonchev–Trinajstić information content (AvgIpc) is 3.42. The number of carbonyl (C=O) groups is 3. The van der Waals surface area contributed by atoms with Crippen molar-refractivity contribution in [2.45, 2.75) is 26.7 Å². The molecule has 0 saturated carbocycles. The van der Waals surface area contributed by atoms with E-state index in [1.807, 2.05) is 44.2 Å². The van der Waals surface area contributed by atoms with Crippen LogP contribution in [0.4, 0.5) is 17.1 Å². The molecule has 2 heterocycles. The molecule has 3 aromatic rings. The van der Waals surface area contributed by atoms with Crippen LogP contribution < -0.4 is 15.1 Å². The molecule has 0 spiro atoms. The minimum absolute atomic E-state index is 0.247. The Morgan fingerprint density at radius 1 is 0.788 bits per heavy atom. The third-order valence-electron chi connectivity index (χ3n) is 6.41. The first-order chi connectivity index (χ1) is 15.9. The number of rotatable bonds is 4. The van der Waals surface area contributed by atoms with Crippen molar-refractivity contribution in [2.24, 2.45) is 0 Å². The van der Waals surface area contributed by atoms with E-state index < -0.39 is 5.91 Å². The van der Waals surface area contributed by atoms with Gasteiger partial charge in [0.1, 0.15) is 0 Å². The maximum Gasteiger partial charge on any atom is 0.266 e. The van der Waals surface area contributed by atoms with Gasteiger partial charge in [-0.15, -0.1) is 0 Å². The second-order valence-electron chi connectivity index (χ2n) is 8.64. The molecule has 2 aliphatic rings. The van der Waals surface area contributed by atoms with Crippen LogP contribution in [0.25, 0.3) is 0 Å². The number of aryl methyl sites for hydroxylation is 2. The zero-order valence-corrected chi connectivity index (χ0v) is 18.7. The molecule has 1 saturated heterocycles. The summed E-state index contributed by atoms with van der Waals surface area (Å²) in [7, 11) is 0. The third kappa shape index (κ3) is 3.67. The number of anilines is 3. The summed E-state index contributed by atoms with van der Waals surface area (Å²) in [4.78, 5) is 42.5. The van der Waals surface area contributed by atoms with Gasteiger partial charge >= 0.3 is 0 Å². The molecule has 1 N–H and O–H groups in total. The van der Waals surface area contributed by atoms with E-state index in [-0.39, 0.29) is 17.4 Å². The van der Waals surface area contributed by atoms with Crippen LogP contribution in [-0.4, -0.2) is 30.8 Å². The van der Waals surface area contributed by atoms with Crippen LogP contribution in [0, 0.1) is 13.8 Å². The van der Waals surface area contributed by atoms with Crippen LogP contribution >= 0.6 is 0 Å². The van der Waals surface area contributed by atoms with E-state index in [0.717, 1.165) is 24.2 Å². The molecule has 0 bridgehead atoms. The zero-order valence-electron chi connectivity index (χ0n) is 18.7. The van der Waals surface area contributed by atoms with Gasteiger partial charge in [-0.25, -0.2) is 4.90 Å². The Morgan fingerprint density at radius 3 is 2.24 bits per heavy atom. The number of amides is 3. The van der Waals surface area contributed by atoms with E-state index in [0.29, 0.717) is 22.5 Å². The normalized spacial score (nSPS) is 15.2. The molecule has 0 aliphatic carbocycles. The van der Waals surface area contributed by atoms with Crippen molar-refractivity contribution >= 4 is 34.8 Å². The Labute approximate surface area is 192 Å². The van der Waals surface area contributed by atoms with Crippen LogP contribution in [0.3, 0.4) is 0 Å². The molecule has 1 fully saturated rings. The molecule has 5 rings (SSSR count). The minimum atomic E-state index is -0.412. The topological polar surface area (TPSA) is 69.7 Å². The van der Waals surface area contributed by atoms with Crippen LogP contribution in [0.2, 0.25) is 0 Å². The molecule has 0 radical (unpaired) electrons. The number of nitrogens with one attached hydrogen (secondary N) is 1. The Morgan fingerprint density at radius 2 is 1.52 bits per heavy atom. The zero-order chi connectivity index (χ0) is 23.1. The third-order valence-corrected chi connectivity index (χ3v) is 6.41. The number of imide groups is 1. The number of para-hydroxylation sites is 1. The van der Waals surface area contributed by atoms with Crippen molar-refractivity contribution in [3.63, 3.8) is 0 Å². The highest BCUT2D eigenvalue weighted by molar-refractivity contribution is 6.35. The first kappa shape index (κ1) is 20.9. The number of hydrogen-bond donors (Lipinski definition) is 1. The van der Waals surface area contributed by atoms with E-state index >= 15 is 0 Å². The average molecular weight is 440 g/mol. The number of nitrogens with zero attached hydrogens (tertiary/aromatic N) is 2. The predicted molar refractivity (Wildman–Crippen MR) is 129 cm³/mol. The van der Waals surface area contributed by atoms with E-state index in [4.69, 9.17) is 0 Å². The fourth-order valence-electron chi connectivity index (χ4n) is 4.66. The molecular weight excluding hydrogens is 414 g/mol. The SMILES string of the molecule is Cc1cc(NC(=O)c2ccc3c(c2)C(=O)N(c2ccccc2C)C3=O)ccc1N1CCCC1. The van der Waals surface area contributed by atoms with E-state index in [9.17, 15) is 14.4 Å². The Bertz CT molecular complexity index is 1290. The van der Waals surface area contributed by atoms with Crippen LogP contribution in [0.1, 0.15) is 55.0 Å². The Kier molecular flexibility index (Phi) is 5.21. The second-order valence-corrected chi connectivity index (χ2v) is 8.64. The van der Waals surface area contributed by atoms with Crippen LogP contribution in [0.5, 0.6) is 0 Å². The van der Waals surface area contributed by atoms with Gasteiger partial charge in [0.25, 0.3) is 17.7 Å². The molecule has 6 nitrogen and oxygen atoms in total.